The SMILES string of the molecule is CC.OCCCCCN1CCCCC1. The van der Waals surface area contributed by atoms with Gasteiger partial charge in [-0.15, -0.1) is 0 Å². The highest BCUT2D eigenvalue weighted by atomic mass is 16.2. The van der Waals surface area contributed by atoms with Gasteiger partial charge in [-0.1, -0.05) is 20.3 Å². The number of hydrogen-bond acceptors (Lipinski definition) is 2. The molecule has 0 spiro atoms. The number of hydrogen-bond donors (Lipinski definition) is 1. The highest BCUT2D eigenvalue weighted by molar-refractivity contribution is 4.63. The molecule has 1 aliphatic rings. The van der Waals surface area contributed by atoms with Crippen molar-refractivity contribution in [2.45, 2.75) is 52.4 Å². The molecule has 86 valence electrons. The molecule has 0 aliphatic carbocycles. The van der Waals surface area contributed by atoms with Crippen molar-refractivity contribution in [3.63, 3.8) is 0 Å². The van der Waals surface area contributed by atoms with E-state index < -0.39 is 0 Å². The van der Waals surface area contributed by atoms with E-state index in [-0.39, 0.29) is 0 Å². The normalized spacial score (nSPS) is 17.4. The van der Waals surface area contributed by atoms with Gasteiger partial charge in [0.2, 0.25) is 0 Å². The molecular formula is C12H27NO. The Kier molecular flexibility index (Phi) is 10.9. The fraction of sp³-hybridized carbons (Fsp3) is 1.00. The molecule has 0 saturated carbocycles. The molecule has 1 N–H and O–H groups in total. The smallest absolute Gasteiger partial charge is 0.0431 e. The van der Waals surface area contributed by atoms with E-state index in [0.717, 1.165) is 6.42 Å². The van der Waals surface area contributed by atoms with E-state index in [2.05, 4.69) is 4.90 Å². The van der Waals surface area contributed by atoms with Gasteiger partial charge >= 0.3 is 0 Å². The van der Waals surface area contributed by atoms with Crippen LogP contribution in [0.4, 0.5) is 0 Å². The summed E-state index contributed by atoms with van der Waals surface area (Å²) < 4.78 is 0. The largest absolute Gasteiger partial charge is 0.396 e. The van der Waals surface area contributed by atoms with Gasteiger partial charge in [0.05, 0.1) is 0 Å². The van der Waals surface area contributed by atoms with Crippen molar-refractivity contribution in [1.82, 2.24) is 4.90 Å². The minimum absolute atomic E-state index is 0.361. The Balaban J connectivity index is 0.000000791. The Labute approximate surface area is 89.3 Å². The molecule has 0 unspecified atom stereocenters. The first kappa shape index (κ1) is 13.9. The number of piperidine rings is 1. The molecule has 0 atom stereocenters. The molecule has 0 amide bonds. The first-order valence-electron chi connectivity index (χ1n) is 6.26. The van der Waals surface area contributed by atoms with Gasteiger partial charge in [0.25, 0.3) is 0 Å². The zero-order valence-electron chi connectivity index (χ0n) is 9.97. The average Bonchev–Trinajstić information content (AvgIpc) is 2.29. The van der Waals surface area contributed by atoms with E-state index in [9.17, 15) is 0 Å². The molecule has 14 heavy (non-hydrogen) atoms. The lowest BCUT2D eigenvalue weighted by molar-refractivity contribution is 0.219. The maximum absolute atomic E-state index is 8.59. The molecule has 1 fully saturated rings. The molecule has 1 saturated heterocycles. The lowest BCUT2D eigenvalue weighted by Crippen LogP contribution is -2.30. The van der Waals surface area contributed by atoms with E-state index in [4.69, 9.17) is 5.11 Å². The highest BCUT2D eigenvalue weighted by Gasteiger charge is 2.08. The fourth-order valence-corrected chi connectivity index (χ4v) is 1.81. The second kappa shape index (κ2) is 11.0. The summed E-state index contributed by atoms with van der Waals surface area (Å²) in [5, 5.41) is 8.59. The Bertz CT molecular complexity index is 100. The molecule has 1 aliphatic heterocycles. The molecule has 0 radical (unpaired) electrons. The van der Waals surface area contributed by atoms with Gasteiger partial charge in [-0.3, -0.25) is 0 Å². The Morgan fingerprint density at radius 2 is 1.57 bits per heavy atom. The van der Waals surface area contributed by atoms with Gasteiger partial charge in [0.15, 0.2) is 0 Å². The van der Waals surface area contributed by atoms with E-state index >= 15 is 0 Å². The lowest BCUT2D eigenvalue weighted by Gasteiger charge is -2.26. The molecule has 0 aromatic carbocycles. The van der Waals surface area contributed by atoms with Crippen LogP contribution in [0.5, 0.6) is 0 Å². The summed E-state index contributed by atoms with van der Waals surface area (Å²) in [5.41, 5.74) is 0. The van der Waals surface area contributed by atoms with Crippen molar-refractivity contribution in [2.75, 3.05) is 26.2 Å². The molecular weight excluding hydrogens is 174 g/mol. The fourth-order valence-electron chi connectivity index (χ4n) is 1.81. The molecule has 0 aromatic rings. The average molecular weight is 201 g/mol. The van der Waals surface area contributed by atoms with Crippen LogP contribution < -0.4 is 0 Å². The van der Waals surface area contributed by atoms with E-state index in [1.807, 2.05) is 13.8 Å². The number of rotatable bonds is 5. The van der Waals surface area contributed by atoms with Crippen LogP contribution >= 0.6 is 0 Å². The van der Waals surface area contributed by atoms with Gasteiger partial charge in [-0.25, -0.2) is 0 Å². The third-order valence-corrected chi connectivity index (χ3v) is 2.58. The number of unbranched alkanes of at least 4 members (excludes halogenated alkanes) is 2. The quantitative estimate of drug-likeness (QED) is 0.691. The minimum atomic E-state index is 0.361. The summed E-state index contributed by atoms with van der Waals surface area (Å²) in [5.74, 6) is 0. The Morgan fingerprint density at radius 3 is 2.14 bits per heavy atom. The highest BCUT2D eigenvalue weighted by Crippen LogP contribution is 2.09. The third-order valence-electron chi connectivity index (χ3n) is 2.58. The van der Waals surface area contributed by atoms with Crippen molar-refractivity contribution >= 4 is 0 Å². The number of nitrogens with zero attached hydrogens (tertiary/aromatic N) is 1. The number of aliphatic hydroxyl groups excluding tert-OH is 1. The molecule has 2 heteroatoms. The van der Waals surface area contributed by atoms with Crippen molar-refractivity contribution < 1.29 is 5.11 Å². The predicted octanol–water partition coefficient (Wildman–Crippen LogP) is 2.66. The van der Waals surface area contributed by atoms with Crippen LogP contribution in [0, 0.1) is 0 Å². The van der Waals surface area contributed by atoms with Crippen LogP contribution in [0.25, 0.3) is 0 Å². The molecule has 1 heterocycles. The maximum Gasteiger partial charge on any atom is 0.0431 e. The van der Waals surface area contributed by atoms with Gasteiger partial charge in [-0.05, 0) is 51.7 Å². The second-order valence-corrected chi connectivity index (χ2v) is 3.69. The zero-order valence-corrected chi connectivity index (χ0v) is 9.97. The first-order chi connectivity index (χ1) is 6.93. The van der Waals surface area contributed by atoms with Gasteiger partial charge < -0.3 is 10.0 Å². The molecule has 2 nitrogen and oxygen atoms in total. The van der Waals surface area contributed by atoms with Crippen molar-refractivity contribution in [1.29, 1.82) is 0 Å². The van der Waals surface area contributed by atoms with Gasteiger partial charge in [-0.2, -0.15) is 0 Å². The van der Waals surface area contributed by atoms with E-state index in [1.54, 1.807) is 0 Å². The van der Waals surface area contributed by atoms with Crippen molar-refractivity contribution in [3.8, 4) is 0 Å². The topological polar surface area (TPSA) is 23.5 Å². The van der Waals surface area contributed by atoms with Crippen LogP contribution in [0.1, 0.15) is 52.4 Å². The summed E-state index contributed by atoms with van der Waals surface area (Å²) in [6.45, 7) is 8.22. The summed E-state index contributed by atoms with van der Waals surface area (Å²) in [6.07, 6.45) is 7.63. The Morgan fingerprint density at radius 1 is 0.929 bits per heavy atom. The van der Waals surface area contributed by atoms with Crippen LogP contribution in [-0.4, -0.2) is 36.2 Å². The Hall–Kier alpha value is -0.0800. The van der Waals surface area contributed by atoms with Crippen molar-refractivity contribution in [3.05, 3.63) is 0 Å². The van der Waals surface area contributed by atoms with E-state index in [0.29, 0.717) is 6.61 Å². The standard InChI is InChI=1S/C10H21NO.C2H6/c12-10-6-2-5-9-11-7-3-1-4-8-11;1-2/h12H,1-10H2;1-2H3. The van der Waals surface area contributed by atoms with Crippen LogP contribution in [0.3, 0.4) is 0 Å². The lowest BCUT2D eigenvalue weighted by atomic mass is 10.1. The van der Waals surface area contributed by atoms with Gasteiger partial charge in [0.1, 0.15) is 0 Å². The van der Waals surface area contributed by atoms with Crippen LogP contribution in [0.15, 0.2) is 0 Å². The van der Waals surface area contributed by atoms with Gasteiger partial charge in [0, 0.05) is 6.61 Å². The molecule has 0 aromatic heterocycles. The van der Waals surface area contributed by atoms with Crippen LogP contribution in [0.2, 0.25) is 0 Å². The maximum atomic E-state index is 8.59. The summed E-state index contributed by atoms with van der Waals surface area (Å²) in [6, 6.07) is 0. The zero-order chi connectivity index (χ0) is 10.6. The van der Waals surface area contributed by atoms with Crippen molar-refractivity contribution in [2.24, 2.45) is 0 Å². The molecule has 0 bridgehead atoms. The van der Waals surface area contributed by atoms with E-state index in [1.165, 1.54) is 51.7 Å². The summed E-state index contributed by atoms with van der Waals surface area (Å²) >= 11 is 0. The second-order valence-electron chi connectivity index (χ2n) is 3.69. The third kappa shape index (κ3) is 7.34. The predicted molar refractivity (Wildman–Crippen MR) is 62.6 cm³/mol. The summed E-state index contributed by atoms with van der Waals surface area (Å²) in [4.78, 5) is 2.56. The monoisotopic (exact) mass is 201 g/mol. The first-order valence-corrected chi connectivity index (χ1v) is 6.26. The number of aliphatic hydroxyl groups is 1. The van der Waals surface area contributed by atoms with Crippen LogP contribution in [-0.2, 0) is 0 Å². The molecule has 1 rings (SSSR count). The minimum Gasteiger partial charge on any atom is -0.396 e. The number of likely N-dealkylation sites (tertiary alicyclic amines) is 1. The summed E-state index contributed by atoms with van der Waals surface area (Å²) in [7, 11) is 0.